The summed E-state index contributed by atoms with van der Waals surface area (Å²) in [5.41, 5.74) is -0.00639. The summed E-state index contributed by atoms with van der Waals surface area (Å²) in [6.07, 6.45) is 0. The number of aromatic hydroxyl groups is 1. The maximum atomic E-state index is 13.3. The number of para-hydroxylation sites is 1. The fourth-order valence-corrected chi connectivity index (χ4v) is 1.78. The molecule has 2 aromatic carbocycles. The lowest BCUT2D eigenvalue weighted by Gasteiger charge is -2.09. The van der Waals surface area contributed by atoms with E-state index in [1.807, 2.05) is 0 Å². The lowest BCUT2D eigenvalue weighted by Crippen LogP contribution is -2.28. The average molecular weight is 320 g/mol. The first kappa shape index (κ1) is 16.2. The number of phenols is 1. The molecule has 0 aromatic heterocycles. The first-order valence-electron chi connectivity index (χ1n) is 6.57. The standard InChI is InChI=1S/C15H13FN2O5/c16-12-3-1-2-4-14(12)23-9-15(20)17-8-10-7-11(18(21)22)5-6-13(10)19/h1-7,19H,8-9H2,(H,17,20). The number of carbonyl (C=O) groups excluding carboxylic acids is 1. The largest absolute Gasteiger partial charge is 0.508 e. The van der Waals surface area contributed by atoms with Gasteiger partial charge in [-0.3, -0.25) is 14.9 Å². The third-order valence-corrected chi connectivity index (χ3v) is 2.95. The number of carbonyl (C=O) groups is 1. The minimum absolute atomic E-state index is 0.0548. The second-order valence-electron chi connectivity index (χ2n) is 4.57. The van der Waals surface area contributed by atoms with Crippen LogP contribution in [0.25, 0.3) is 0 Å². The summed E-state index contributed by atoms with van der Waals surface area (Å²) >= 11 is 0. The van der Waals surface area contributed by atoms with Crippen LogP contribution in [0, 0.1) is 15.9 Å². The van der Waals surface area contributed by atoms with E-state index >= 15 is 0 Å². The van der Waals surface area contributed by atoms with Crippen LogP contribution in [0.1, 0.15) is 5.56 Å². The quantitative estimate of drug-likeness (QED) is 0.627. The molecule has 0 saturated heterocycles. The van der Waals surface area contributed by atoms with E-state index in [4.69, 9.17) is 4.74 Å². The number of hydrogen-bond donors (Lipinski definition) is 2. The van der Waals surface area contributed by atoms with Crippen LogP contribution in [-0.4, -0.2) is 22.5 Å². The number of halogens is 1. The Bertz CT molecular complexity index is 736. The van der Waals surface area contributed by atoms with Gasteiger partial charge in [0.25, 0.3) is 11.6 Å². The molecule has 0 spiro atoms. The zero-order valence-corrected chi connectivity index (χ0v) is 11.9. The van der Waals surface area contributed by atoms with Crippen LogP contribution in [0.15, 0.2) is 42.5 Å². The predicted octanol–water partition coefficient (Wildman–Crippen LogP) is 2.13. The lowest BCUT2D eigenvalue weighted by molar-refractivity contribution is -0.384. The van der Waals surface area contributed by atoms with Gasteiger partial charge in [0.1, 0.15) is 5.75 Å². The van der Waals surface area contributed by atoms with E-state index in [-0.39, 0.29) is 29.3 Å². The van der Waals surface area contributed by atoms with E-state index in [9.17, 15) is 24.4 Å². The molecule has 0 aliphatic rings. The van der Waals surface area contributed by atoms with Gasteiger partial charge in [0.2, 0.25) is 0 Å². The highest BCUT2D eigenvalue weighted by Gasteiger charge is 2.12. The number of nitrogens with zero attached hydrogens (tertiary/aromatic N) is 1. The summed E-state index contributed by atoms with van der Waals surface area (Å²) < 4.78 is 18.3. The van der Waals surface area contributed by atoms with E-state index in [0.717, 1.165) is 12.1 Å². The van der Waals surface area contributed by atoms with Crippen LogP contribution in [0.2, 0.25) is 0 Å². The third kappa shape index (κ3) is 4.40. The van der Waals surface area contributed by atoms with E-state index in [0.29, 0.717) is 0 Å². The minimum atomic E-state index is -0.605. The van der Waals surface area contributed by atoms with Gasteiger partial charge in [-0.05, 0) is 18.2 Å². The molecule has 0 radical (unpaired) electrons. The Kier molecular flexibility index (Phi) is 5.08. The van der Waals surface area contributed by atoms with Gasteiger partial charge >= 0.3 is 0 Å². The molecule has 1 amide bonds. The highest BCUT2D eigenvalue weighted by molar-refractivity contribution is 5.77. The van der Waals surface area contributed by atoms with Crippen molar-refractivity contribution in [3.05, 3.63) is 64.0 Å². The molecule has 0 unspecified atom stereocenters. The normalized spacial score (nSPS) is 10.1. The number of ether oxygens (including phenoxy) is 1. The molecule has 0 bridgehead atoms. The molecule has 120 valence electrons. The second kappa shape index (κ2) is 7.21. The van der Waals surface area contributed by atoms with Crippen molar-refractivity contribution in [3.63, 3.8) is 0 Å². The molecule has 2 N–H and O–H groups in total. The van der Waals surface area contributed by atoms with Crippen LogP contribution in [0.4, 0.5) is 10.1 Å². The van der Waals surface area contributed by atoms with Crippen molar-refractivity contribution in [3.8, 4) is 11.5 Å². The van der Waals surface area contributed by atoms with Gasteiger partial charge in [-0.15, -0.1) is 0 Å². The summed E-state index contributed by atoms with van der Waals surface area (Å²) in [4.78, 5) is 21.7. The van der Waals surface area contributed by atoms with Crippen LogP contribution in [0.5, 0.6) is 11.5 Å². The topological polar surface area (TPSA) is 102 Å². The zero-order chi connectivity index (χ0) is 16.8. The van der Waals surface area contributed by atoms with Crippen molar-refractivity contribution >= 4 is 11.6 Å². The molecule has 0 aliphatic heterocycles. The Labute approximate surface area is 130 Å². The number of hydrogen-bond acceptors (Lipinski definition) is 5. The zero-order valence-electron chi connectivity index (χ0n) is 11.9. The molecule has 23 heavy (non-hydrogen) atoms. The van der Waals surface area contributed by atoms with Crippen LogP contribution >= 0.6 is 0 Å². The highest BCUT2D eigenvalue weighted by atomic mass is 19.1. The Morgan fingerprint density at radius 1 is 1.30 bits per heavy atom. The van der Waals surface area contributed by atoms with Gasteiger partial charge in [0.05, 0.1) is 4.92 Å². The fraction of sp³-hybridized carbons (Fsp3) is 0.133. The number of non-ortho nitro benzene ring substituents is 1. The van der Waals surface area contributed by atoms with Crippen molar-refractivity contribution in [2.75, 3.05) is 6.61 Å². The van der Waals surface area contributed by atoms with E-state index < -0.39 is 23.3 Å². The van der Waals surface area contributed by atoms with Gasteiger partial charge in [0, 0.05) is 24.2 Å². The van der Waals surface area contributed by atoms with Crippen molar-refractivity contribution in [2.45, 2.75) is 6.54 Å². The monoisotopic (exact) mass is 320 g/mol. The fourth-order valence-electron chi connectivity index (χ4n) is 1.78. The van der Waals surface area contributed by atoms with Crippen LogP contribution < -0.4 is 10.1 Å². The molecular weight excluding hydrogens is 307 g/mol. The Hall–Kier alpha value is -3.16. The van der Waals surface area contributed by atoms with Gasteiger partial charge in [-0.25, -0.2) is 4.39 Å². The van der Waals surface area contributed by atoms with Crippen molar-refractivity contribution in [2.24, 2.45) is 0 Å². The highest BCUT2D eigenvalue weighted by Crippen LogP contribution is 2.22. The van der Waals surface area contributed by atoms with Gasteiger partial charge in [-0.1, -0.05) is 12.1 Å². The number of rotatable bonds is 6. The van der Waals surface area contributed by atoms with Crippen molar-refractivity contribution in [1.29, 1.82) is 0 Å². The number of nitrogens with one attached hydrogen (secondary N) is 1. The molecule has 2 aromatic rings. The molecule has 0 heterocycles. The molecular formula is C15H13FN2O5. The van der Waals surface area contributed by atoms with Crippen LogP contribution in [-0.2, 0) is 11.3 Å². The van der Waals surface area contributed by atoms with E-state index in [2.05, 4.69) is 5.32 Å². The van der Waals surface area contributed by atoms with Crippen molar-refractivity contribution in [1.82, 2.24) is 5.32 Å². The van der Waals surface area contributed by atoms with Crippen LogP contribution in [0.3, 0.4) is 0 Å². The van der Waals surface area contributed by atoms with E-state index in [1.165, 1.54) is 24.3 Å². The summed E-state index contributed by atoms with van der Waals surface area (Å²) in [5.74, 6) is -1.37. The predicted molar refractivity (Wildman–Crippen MR) is 78.5 cm³/mol. The smallest absolute Gasteiger partial charge is 0.270 e. The SMILES string of the molecule is O=C(COc1ccccc1F)NCc1cc([N+](=O)[O-])ccc1O. The summed E-state index contributed by atoms with van der Waals surface area (Å²) in [6, 6.07) is 9.14. The maximum absolute atomic E-state index is 13.3. The maximum Gasteiger partial charge on any atom is 0.270 e. The number of nitro benzene ring substituents is 1. The molecule has 0 aliphatic carbocycles. The summed E-state index contributed by atoms with van der Waals surface area (Å²) in [5, 5.41) is 22.7. The van der Waals surface area contributed by atoms with E-state index in [1.54, 1.807) is 6.07 Å². The molecule has 0 fully saturated rings. The average Bonchev–Trinajstić information content (AvgIpc) is 2.53. The van der Waals surface area contributed by atoms with Gasteiger partial charge in [-0.2, -0.15) is 0 Å². The molecule has 2 rings (SSSR count). The van der Waals surface area contributed by atoms with Gasteiger partial charge < -0.3 is 15.2 Å². The third-order valence-electron chi connectivity index (χ3n) is 2.95. The molecule has 0 atom stereocenters. The van der Waals surface area contributed by atoms with Crippen molar-refractivity contribution < 1.29 is 24.0 Å². The Balaban J connectivity index is 1.91. The van der Waals surface area contributed by atoms with Gasteiger partial charge in [0.15, 0.2) is 18.2 Å². The second-order valence-corrected chi connectivity index (χ2v) is 4.57. The lowest BCUT2D eigenvalue weighted by atomic mass is 10.2. The summed E-state index contributed by atoms with van der Waals surface area (Å²) in [7, 11) is 0. The molecule has 7 nitrogen and oxygen atoms in total. The number of benzene rings is 2. The first-order valence-corrected chi connectivity index (χ1v) is 6.57. The number of phenolic OH excluding ortho intramolecular Hbond substituents is 1. The molecule has 0 saturated carbocycles. The Morgan fingerprint density at radius 3 is 2.74 bits per heavy atom. The number of nitro groups is 1. The minimum Gasteiger partial charge on any atom is -0.508 e. The molecule has 8 heteroatoms. The summed E-state index contributed by atoms with van der Waals surface area (Å²) in [6.45, 7) is -0.538. The Morgan fingerprint density at radius 2 is 2.04 bits per heavy atom. The number of amides is 1. The first-order chi connectivity index (χ1) is 11.0.